The maximum atomic E-state index is 12.0. The van der Waals surface area contributed by atoms with Crippen molar-refractivity contribution in [3.63, 3.8) is 0 Å². The van der Waals surface area contributed by atoms with Crippen LogP contribution >= 0.6 is 27.3 Å². The second-order valence-electron chi connectivity index (χ2n) is 4.96. The van der Waals surface area contributed by atoms with E-state index in [2.05, 4.69) is 52.2 Å². The number of carbonyl (C=O) groups is 1. The summed E-state index contributed by atoms with van der Waals surface area (Å²) in [5.41, 5.74) is 2.15. The van der Waals surface area contributed by atoms with Crippen LogP contribution in [0.4, 0.5) is 5.13 Å². The van der Waals surface area contributed by atoms with Gasteiger partial charge in [0.15, 0.2) is 15.6 Å². The Labute approximate surface area is 134 Å². The van der Waals surface area contributed by atoms with Crippen molar-refractivity contribution in [2.45, 2.75) is 19.8 Å². The van der Waals surface area contributed by atoms with E-state index in [-0.39, 0.29) is 11.7 Å². The summed E-state index contributed by atoms with van der Waals surface area (Å²) in [6, 6.07) is 9.48. The number of benzene rings is 1. The van der Waals surface area contributed by atoms with Gasteiger partial charge in [-0.15, -0.1) is 0 Å². The molecule has 0 unspecified atom stereocenters. The fourth-order valence-corrected chi connectivity index (χ4v) is 3.16. The third-order valence-electron chi connectivity index (χ3n) is 3.10. The Hall–Kier alpha value is -1.66. The summed E-state index contributed by atoms with van der Waals surface area (Å²) in [6.45, 7) is 4.30. The first-order chi connectivity index (χ1) is 10.0. The second-order valence-corrected chi connectivity index (χ2v) is 6.77. The van der Waals surface area contributed by atoms with Crippen LogP contribution < -0.4 is 5.32 Å². The average molecular weight is 365 g/mol. The lowest BCUT2D eigenvalue weighted by Crippen LogP contribution is -2.10. The van der Waals surface area contributed by atoms with E-state index in [0.717, 1.165) is 10.2 Å². The molecule has 1 aromatic carbocycles. The Kier molecular flexibility index (Phi) is 3.82. The van der Waals surface area contributed by atoms with Crippen LogP contribution in [0.25, 0.3) is 10.2 Å². The molecule has 0 saturated heterocycles. The third-order valence-corrected chi connectivity index (χ3v) is 4.46. The first-order valence-corrected chi connectivity index (χ1v) is 8.11. The Bertz CT molecular complexity index is 807. The molecule has 0 atom stereocenters. The molecular weight excluding hydrogens is 352 g/mol. The number of fused-ring (bicyclic) bond motifs is 1. The van der Waals surface area contributed by atoms with Gasteiger partial charge in [0.05, 0.1) is 10.2 Å². The van der Waals surface area contributed by atoms with Gasteiger partial charge in [-0.3, -0.25) is 10.1 Å². The van der Waals surface area contributed by atoms with E-state index in [1.54, 1.807) is 12.1 Å². The molecule has 0 spiro atoms. The highest BCUT2D eigenvalue weighted by atomic mass is 79.9. The van der Waals surface area contributed by atoms with E-state index in [0.29, 0.717) is 15.7 Å². The van der Waals surface area contributed by atoms with Gasteiger partial charge < -0.3 is 4.42 Å². The molecule has 3 rings (SSSR count). The molecule has 2 aromatic heterocycles. The Morgan fingerprint density at radius 1 is 1.33 bits per heavy atom. The van der Waals surface area contributed by atoms with E-state index in [4.69, 9.17) is 4.42 Å². The molecule has 6 heteroatoms. The van der Waals surface area contributed by atoms with Crippen LogP contribution in [0, 0.1) is 0 Å². The number of hydrogen-bond acceptors (Lipinski definition) is 4. The van der Waals surface area contributed by atoms with Crippen LogP contribution in [0.3, 0.4) is 0 Å². The SMILES string of the molecule is CC(C)c1ccc2nc(NC(=O)c3ccc(Br)o3)sc2c1. The minimum Gasteiger partial charge on any atom is -0.444 e. The molecule has 1 N–H and O–H groups in total. The summed E-state index contributed by atoms with van der Waals surface area (Å²) < 4.78 is 6.82. The molecule has 0 bridgehead atoms. The molecule has 4 nitrogen and oxygen atoms in total. The summed E-state index contributed by atoms with van der Waals surface area (Å²) in [5.74, 6) is 0.419. The Balaban J connectivity index is 1.86. The lowest BCUT2D eigenvalue weighted by Gasteiger charge is -2.03. The third kappa shape index (κ3) is 3.01. The zero-order chi connectivity index (χ0) is 15.0. The van der Waals surface area contributed by atoms with Gasteiger partial charge in [0.25, 0.3) is 5.91 Å². The number of rotatable bonds is 3. The molecule has 0 aliphatic rings. The number of anilines is 1. The van der Waals surface area contributed by atoms with E-state index >= 15 is 0 Å². The summed E-state index contributed by atoms with van der Waals surface area (Å²) in [7, 11) is 0. The standard InChI is InChI=1S/C15H13BrN2O2S/c1-8(2)9-3-4-10-12(7-9)21-15(17-10)18-14(19)11-5-6-13(16)20-11/h3-8H,1-2H3,(H,17,18,19). The number of hydrogen-bond donors (Lipinski definition) is 1. The first-order valence-electron chi connectivity index (χ1n) is 6.50. The molecule has 1 amide bonds. The zero-order valence-electron chi connectivity index (χ0n) is 11.5. The minimum absolute atomic E-state index is 0.254. The number of nitrogens with zero attached hydrogens (tertiary/aromatic N) is 1. The van der Waals surface area contributed by atoms with Gasteiger partial charge in [0, 0.05) is 0 Å². The van der Waals surface area contributed by atoms with Crippen LogP contribution in [-0.2, 0) is 0 Å². The highest BCUT2D eigenvalue weighted by Crippen LogP contribution is 2.29. The lowest BCUT2D eigenvalue weighted by atomic mass is 10.0. The smallest absolute Gasteiger partial charge is 0.293 e. The predicted molar refractivity (Wildman–Crippen MR) is 88.1 cm³/mol. The van der Waals surface area contributed by atoms with Crippen molar-refractivity contribution < 1.29 is 9.21 Å². The number of amides is 1. The summed E-state index contributed by atoms with van der Waals surface area (Å²) in [5, 5.41) is 3.34. The number of furan rings is 1. The van der Waals surface area contributed by atoms with Crippen LogP contribution in [0.5, 0.6) is 0 Å². The van der Waals surface area contributed by atoms with Crippen molar-refractivity contribution in [3.8, 4) is 0 Å². The number of aromatic nitrogens is 1. The van der Waals surface area contributed by atoms with Crippen molar-refractivity contribution >= 4 is 48.5 Å². The van der Waals surface area contributed by atoms with Crippen LogP contribution in [-0.4, -0.2) is 10.9 Å². The lowest BCUT2D eigenvalue weighted by molar-refractivity contribution is 0.0995. The van der Waals surface area contributed by atoms with Crippen molar-refractivity contribution in [3.05, 3.63) is 46.3 Å². The van der Waals surface area contributed by atoms with E-state index < -0.39 is 0 Å². The van der Waals surface area contributed by atoms with Gasteiger partial charge >= 0.3 is 0 Å². The number of halogens is 1. The zero-order valence-corrected chi connectivity index (χ0v) is 13.9. The molecule has 0 saturated carbocycles. The highest BCUT2D eigenvalue weighted by Gasteiger charge is 2.13. The quantitative estimate of drug-likeness (QED) is 0.709. The first kappa shape index (κ1) is 14.3. The van der Waals surface area contributed by atoms with Crippen molar-refractivity contribution in [1.82, 2.24) is 4.98 Å². The highest BCUT2D eigenvalue weighted by molar-refractivity contribution is 9.10. The van der Waals surface area contributed by atoms with Gasteiger partial charge in [0.1, 0.15) is 0 Å². The van der Waals surface area contributed by atoms with Crippen molar-refractivity contribution in [2.24, 2.45) is 0 Å². The predicted octanol–water partition coefficient (Wildman–Crippen LogP) is 5.03. The largest absolute Gasteiger partial charge is 0.444 e. The van der Waals surface area contributed by atoms with Crippen LogP contribution in [0.2, 0.25) is 0 Å². The topological polar surface area (TPSA) is 55.1 Å². The number of thiazole rings is 1. The second kappa shape index (κ2) is 5.61. The summed E-state index contributed by atoms with van der Waals surface area (Å²) in [6.07, 6.45) is 0. The molecule has 108 valence electrons. The monoisotopic (exact) mass is 364 g/mol. The Morgan fingerprint density at radius 2 is 2.14 bits per heavy atom. The molecule has 0 radical (unpaired) electrons. The molecular formula is C15H13BrN2O2S. The molecule has 0 fully saturated rings. The van der Waals surface area contributed by atoms with Gasteiger partial charge in [-0.1, -0.05) is 31.3 Å². The molecule has 3 aromatic rings. The number of nitrogens with one attached hydrogen (secondary N) is 1. The molecule has 21 heavy (non-hydrogen) atoms. The van der Waals surface area contributed by atoms with Crippen molar-refractivity contribution in [1.29, 1.82) is 0 Å². The van der Waals surface area contributed by atoms with Crippen LogP contribution in [0.1, 0.15) is 35.9 Å². The Morgan fingerprint density at radius 3 is 2.81 bits per heavy atom. The van der Waals surface area contributed by atoms with E-state index in [1.165, 1.54) is 16.9 Å². The normalized spacial score (nSPS) is 11.2. The molecule has 0 aliphatic carbocycles. The molecule has 2 heterocycles. The number of carbonyl (C=O) groups excluding carboxylic acids is 1. The average Bonchev–Trinajstić information content (AvgIpc) is 3.03. The van der Waals surface area contributed by atoms with Crippen molar-refractivity contribution in [2.75, 3.05) is 5.32 Å². The van der Waals surface area contributed by atoms with Gasteiger partial charge in [-0.25, -0.2) is 4.98 Å². The van der Waals surface area contributed by atoms with E-state index in [9.17, 15) is 4.79 Å². The molecule has 0 aliphatic heterocycles. The van der Waals surface area contributed by atoms with Gasteiger partial charge in [-0.05, 0) is 51.7 Å². The summed E-state index contributed by atoms with van der Waals surface area (Å²) >= 11 is 4.64. The van der Waals surface area contributed by atoms with Gasteiger partial charge in [0.2, 0.25) is 0 Å². The minimum atomic E-state index is -0.302. The fraction of sp³-hybridized carbons (Fsp3) is 0.200. The maximum absolute atomic E-state index is 12.0. The maximum Gasteiger partial charge on any atom is 0.293 e. The van der Waals surface area contributed by atoms with Gasteiger partial charge in [-0.2, -0.15) is 0 Å². The fourth-order valence-electron chi connectivity index (χ4n) is 1.95. The summed E-state index contributed by atoms with van der Waals surface area (Å²) in [4.78, 5) is 16.4. The van der Waals surface area contributed by atoms with E-state index in [1.807, 2.05) is 6.07 Å². The van der Waals surface area contributed by atoms with Crippen LogP contribution in [0.15, 0.2) is 39.4 Å².